The van der Waals surface area contributed by atoms with E-state index in [9.17, 15) is 0 Å². The second-order valence-corrected chi connectivity index (χ2v) is 8.82. The number of anilines is 3. The molecule has 0 aliphatic carbocycles. The van der Waals surface area contributed by atoms with Gasteiger partial charge in [0.15, 0.2) is 5.82 Å². The van der Waals surface area contributed by atoms with Crippen molar-refractivity contribution in [2.45, 2.75) is 44.1 Å². The molecule has 2 aromatic heterocycles. The fourth-order valence-electron chi connectivity index (χ4n) is 3.11. The Kier molecular flexibility index (Phi) is 7.77. The van der Waals surface area contributed by atoms with E-state index in [1.165, 1.54) is 0 Å². The van der Waals surface area contributed by atoms with Crippen LogP contribution in [0.15, 0.2) is 18.6 Å². The minimum Gasteiger partial charge on any atom is -0.390 e. The van der Waals surface area contributed by atoms with Gasteiger partial charge in [-0.25, -0.2) is 4.98 Å². The summed E-state index contributed by atoms with van der Waals surface area (Å²) in [6.45, 7) is 4.78. The number of fused-ring (bicyclic) bond motifs is 1. The predicted octanol–water partition coefficient (Wildman–Crippen LogP) is 1.94. The molecular weight excluding hydrogens is 430 g/mol. The van der Waals surface area contributed by atoms with Gasteiger partial charge in [0.1, 0.15) is 11.1 Å². The van der Waals surface area contributed by atoms with Crippen LogP contribution in [-0.2, 0) is 16.5 Å². The molecule has 3 atom stereocenters. The van der Waals surface area contributed by atoms with Crippen molar-refractivity contribution in [2.75, 3.05) is 29.6 Å². The lowest BCUT2D eigenvalue weighted by molar-refractivity contribution is 0.0718. The molecule has 2 aliphatic heterocycles. The molecule has 2 saturated heterocycles. The zero-order valence-corrected chi connectivity index (χ0v) is 18.8. The van der Waals surface area contributed by atoms with E-state index in [0.717, 1.165) is 30.7 Å². The summed E-state index contributed by atoms with van der Waals surface area (Å²) in [6, 6.07) is 0.0427. The highest BCUT2D eigenvalue weighted by Gasteiger charge is 2.42. The van der Waals surface area contributed by atoms with E-state index in [0.29, 0.717) is 29.1 Å². The summed E-state index contributed by atoms with van der Waals surface area (Å²) in [7, 11) is 1.85. The largest absolute Gasteiger partial charge is 0.390 e. The molecule has 0 amide bonds. The molecule has 12 heteroatoms. The summed E-state index contributed by atoms with van der Waals surface area (Å²) in [6.07, 6.45) is 6.27. The molecule has 0 spiro atoms. The van der Waals surface area contributed by atoms with Gasteiger partial charge in [-0.1, -0.05) is 23.5 Å². The van der Waals surface area contributed by atoms with Crippen LogP contribution < -0.4 is 15.8 Å². The summed E-state index contributed by atoms with van der Waals surface area (Å²) >= 11 is 7.37. The SMILES string of the molecule is CC(C)(O)CSN.Cn1cc(Nc2ncc(Cl)c(NC3COC4CCOC34)n2)cn1. The zero-order valence-electron chi connectivity index (χ0n) is 17.2. The van der Waals surface area contributed by atoms with Crippen LogP contribution in [0.25, 0.3) is 0 Å². The third kappa shape index (κ3) is 6.43. The lowest BCUT2D eigenvalue weighted by Crippen LogP contribution is -2.34. The van der Waals surface area contributed by atoms with Crippen LogP contribution in [0.3, 0.4) is 0 Å². The van der Waals surface area contributed by atoms with E-state index in [1.54, 1.807) is 30.9 Å². The Balaban J connectivity index is 0.000000318. The lowest BCUT2D eigenvalue weighted by Gasteiger charge is -2.19. The van der Waals surface area contributed by atoms with Crippen LogP contribution >= 0.6 is 23.5 Å². The van der Waals surface area contributed by atoms with Crippen molar-refractivity contribution < 1.29 is 14.6 Å². The van der Waals surface area contributed by atoms with Gasteiger partial charge in [0.2, 0.25) is 5.95 Å². The number of aryl methyl sites for hydroxylation is 1. The number of nitrogens with one attached hydrogen (secondary N) is 2. The number of aromatic nitrogens is 4. The van der Waals surface area contributed by atoms with Gasteiger partial charge in [0, 0.05) is 25.6 Å². The van der Waals surface area contributed by atoms with Crippen molar-refractivity contribution in [2.24, 2.45) is 12.2 Å². The molecule has 4 rings (SSSR count). The maximum atomic E-state index is 8.92. The number of ether oxygens (including phenoxy) is 2. The monoisotopic (exact) mass is 457 g/mol. The topological polar surface area (TPSA) is 132 Å². The minimum atomic E-state index is -0.612. The molecule has 0 radical (unpaired) electrons. The fourth-order valence-corrected chi connectivity index (χ4v) is 3.67. The predicted molar refractivity (Wildman–Crippen MR) is 118 cm³/mol. The van der Waals surface area contributed by atoms with Crippen LogP contribution in [0.1, 0.15) is 20.3 Å². The number of halogens is 1. The summed E-state index contributed by atoms with van der Waals surface area (Å²) in [5.74, 6) is 1.61. The minimum absolute atomic E-state index is 0.0427. The van der Waals surface area contributed by atoms with Gasteiger partial charge >= 0.3 is 0 Å². The maximum absolute atomic E-state index is 8.92. The average Bonchev–Trinajstić information content (AvgIpc) is 3.37. The highest BCUT2D eigenvalue weighted by molar-refractivity contribution is 7.97. The van der Waals surface area contributed by atoms with E-state index in [1.807, 2.05) is 13.2 Å². The van der Waals surface area contributed by atoms with E-state index >= 15 is 0 Å². The van der Waals surface area contributed by atoms with Gasteiger partial charge in [-0.2, -0.15) is 10.1 Å². The first-order valence-electron chi connectivity index (χ1n) is 9.57. The smallest absolute Gasteiger partial charge is 0.229 e. The second kappa shape index (κ2) is 10.1. The van der Waals surface area contributed by atoms with E-state index in [2.05, 4.69) is 25.7 Å². The van der Waals surface area contributed by atoms with Gasteiger partial charge in [-0.3, -0.25) is 9.82 Å². The quantitative estimate of drug-likeness (QED) is 0.477. The standard InChI is InChI=1S/C14H17ClN6O2.C4H11NOS/c1-21-6-8(4-17-21)18-14-16-5-9(15)13(20-14)19-10-7-23-11-2-3-22-12(10)11;1-4(2,6)3-7-5/h4-6,10-12H,2-3,7H2,1H3,(H2,16,18,19,20);6H,3,5H2,1-2H3. The Morgan fingerprint density at radius 1 is 1.40 bits per heavy atom. The number of aliphatic hydroxyl groups is 1. The summed E-state index contributed by atoms with van der Waals surface area (Å²) < 4.78 is 13.2. The number of hydrogen-bond donors (Lipinski definition) is 4. The Labute approximate surface area is 185 Å². The number of nitrogens with zero attached hydrogens (tertiary/aromatic N) is 4. The number of hydrogen-bond acceptors (Lipinski definition) is 10. The van der Waals surface area contributed by atoms with Gasteiger partial charge in [-0.05, 0) is 20.3 Å². The van der Waals surface area contributed by atoms with Crippen molar-refractivity contribution in [3.05, 3.63) is 23.6 Å². The lowest BCUT2D eigenvalue weighted by atomic mass is 10.1. The fraction of sp³-hybridized carbons (Fsp3) is 0.611. The van der Waals surface area contributed by atoms with Crippen LogP contribution in [0.2, 0.25) is 5.02 Å². The Morgan fingerprint density at radius 3 is 2.83 bits per heavy atom. The van der Waals surface area contributed by atoms with Crippen LogP contribution in [0.4, 0.5) is 17.5 Å². The maximum Gasteiger partial charge on any atom is 0.229 e. The van der Waals surface area contributed by atoms with Gasteiger partial charge in [-0.15, -0.1) is 0 Å². The number of nitrogens with two attached hydrogens (primary N) is 1. The Hall–Kier alpha value is -1.63. The zero-order chi connectivity index (χ0) is 21.7. The van der Waals surface area contributed by atoms with Crippen LogP contribution in [0, 0.1) is 0 Å². The molecule has 4 heterocycles. The van der Waals surface area contributed by atoms with Crippen molar-refractivity contribution in [3.8, 4) is 0 Å². The summed E-state index contributed by atoms with van der Waals surface area (Å²) in [5.41, 5.74) is 0.198. The molecule has 0 bridgehead atoms. The molecule has 10 nitrogen and oxygen atoms in total. The summed E-state index contributed by atoms with van der Waals surface area (Å²) in [5, 5.41) is 25.0. The first kappa shape index (κ1) is 23.0. The molecule has 2 aromatic rings. The average molecular weight is 458 g/mol. The van der Waals surface area contributed by atoms with E-state index in [-0.39, 0.29) is 18.2 Å². The molecule has 30 heavy (non-hydrogen) atoms. The molecule has 2 aliphatic rings. The van der Waals surface area contributed by atoms with Crippen LogP contribution in [-0.4, -0.2) is 67.7 Å². The third-order valence-corrected chi connectivity index (χ3v) is 5.58. The Morgan fingerprint density at radius 2 is 2.20 bits per heavy atom. The van der Waals surface area contributed by atoms with Crippen molar-refractivity contribution >= 4 is 41.0 Å². The number of rotatable bonds is 6. The van der Waals surface area contributed by atoms with Gasteiger partial charge in [0.05, 0.1) is 42.4 Å². The molecule has 3 unspecified atom stereocenters. The molecule has 0 saturated carbocycles. The first-order chi connectivity index (χ1) is 14.2. The van der Waals surface area contributed by atoms with Gasteiger partial charge in [0.25, 0.3) is 0 Å². The first-order valence-corrected chi connectivity index (χ1v) is 11.0. The molecule has 5 N–H and O–H groups in total. The van der Waals surface area contributed by atoms with Crippen molar-refractivity contribution in [3.63, 3.8) is 0 Å². The van der Waals surface area contributed by atoms with E-state index in [4.69, 9.17) is 31.3 Å². The summed E-state index contributed by atoms with van der Waals surface area (Å²) in [4.78, 5) is 8.63. The third-order valence-electron chi connectivity index (χ3n) is 4.43. The highest BCUT2D eigenvalue weighted by Crippen LogP contribution is 2.30. The normalized spacial score (nSPS) is 22.9. The molecule has 2 fully saturated rings. The van der Waals surface area contributed by atoms with Crippen molar-refractivity contribution in [1.29, 1.82) is 0 Å². The van der Waals surface area contributed by atoms with Gasteiger partial charge < -0.3 is 25.2 Å². The molecule has 0 aromatic carbocycles. The van der Waals surface area contributed by atoms with Crippen molar-refractivity contribution in [1.82, 2.24) is 19.7 Å². The van der Waals surface area contributed by atoms with E-state index < -0.39 is 5.60 Å². The van der Waals surface area contributed by atoms with Crippen LogP contribution in [0.5, 0.6) is 0 Å². The second-order valence-electron chi connectivity index (χ2n) is 7.79. The molecule has 166 valence electrons. The molecular formula is C18H28ClN7O3S. The highest BCUT2D eigenvalue weighted by atomic mass is 35.5. The Bertz CT molecular complexity index is 832.